The Morgan fingerprint density at radius 3 is 2.68 bits per heavy atom. The molecule has 0 spiro atoms. The summed E-state index contributed by atoms with van der Waals surface area (Å²) in [5.74, 6) is 0.944. The van der Waals surface area contributed by atoms with Crippen LogP contribution in [0.4, 0.5) is 0 Å². The topological polar surface area (TPSA) is 71.3 Å². The lowest BCUT2D eigenvalue weighted by atomic mass is 10.1. The van der Waals surface area contributed by atoms with E-state index in [9.17, 15) is 10.1 Å². The Hall–Kier alpha value is -2.00. The molecule has 1 aliphatic heterocycles. The fourth-order valence-corrected chi connectivity index (χ4v) is 3.12. The Kier molecular flexibility index (Phi) is 4.34. The van der Waals surface area contributed by atoms with Crippen molar-refractivity contribution in [3.05, 3.63) is 27.7 Å². The van der Waals surface area contributed by atoms with Crippen LogP contribution in [0.5, 0.6) is 11.5 Å². The van der Waals surface area contributed by atoms with Crippen molar-refractivity contribution in [3.63, 3.8) is 0 Å². The van der Waals surface area contributed by atoms with Crippen molar-refractivity contribution in [2.75, 3.05) is 6.79 Å². The van der Waals surface area contributed by atoms with Gasteiger partial charge in [-0.05, 0) is 36.6 Å². The molecule has 1 saturated carbocycles. The third kappa shape index (κ3) is 3.09. The molecule has 0 unspecified atom stereocenters. The maximum atomic E-state index is 12.2. The standard InChI is InChI=1S/C16H15BrN2O3/c17-13-7-15-14(21-9-22-15)6-10(13)5-11(8-18)16(20)19-12-3-1-2-4-12/h5-7,12H,1-4,9H2,(H,19,20)/b11-5+. The van der Waals surface area contributed by atoms with Crippen LogP contribution in [0.2, 0.25) is 0 Å². The van der Waals surface area contributed by atoms with Crippen molar-refractivity contribution in [2.24, 2.45) is 0 Å². The lowest BCUT2D eigenvalue weighted by Crippen LogP contribution is -2.33. The van der Waals surface area contributed by atoms with E-state index in [1.165, 1.54) is 0 Å². The van der Waals surface area contributed by atoms with Gasteiger partial charge in [-0.15, -0.1) is 0 Å². The molecule has 0 atom stereocenters. The normalized spacial score (nSPS) is 17.4. The van der Waals surface area contributed by atoms with Gasteiger partial charge in [-0.2, -0.15) is 5.26 Å². The Balaban J connectivity index is 1.82. The van der Waals surface area contributed by atoms with Crippen LogP contribution in [0, 0.1) is 11.3 Å². The first-order valence-corrected chi connectivity index (χ1v) is 7.98. The molecule has 1 N–H and O–H groups in total. The van der Waals surface area contributed by atoms with Gasteiger partial charge in [0.15, 0.2) is 11.5 Å². The number of ether oxygens (including phenoxy) is 2. The van der Waals surface area contributed by atoms with Crippen molar-refractivity contribution < 1.29 is 14.3 Å². The second kappa shape index (κ2) is 6.41. The first kappa shape index (κ1) is 14.9. The molecule has 1 amide bonds. The number of benzene rings is 1. The van der Waals surface area contributed by atoms with Crippen molar-refractivity contribution in [3.8, 4) is 17.6 Å². The van der Waals surface area contributed by atoms with Crippen LogP contribution in [0.3, 0.4) is 0 Å². The van der Waals surface area contributed by atoms with Crippen molar-refractivity contribution in [1.82, 2.24) is 5.32 Å². The number of nitrogens with zero attached hydrogens (tertiary/aromatic N) is 1. The summed E-state index contributed by atoms with van der Waals surface area (Å²) < 4.78 is 11.4. The van der Waals surface area contributed by atoms with E-state index in [1.807, 2.05) is 6.07 Å². The second-order valence-electron chi connectivity index (χ2n) is 5.35. The summed E-state index contributed by atoms with van der Waals surface area (Å²) in [5, 5.41) is 12.2. The predicted molar refractivity (Wildman–Crippen MR) is 84.3 cm³/mol. The van der Waals surface area contributed by atoms with Crippen LogP contribution in [0.25, 0.3) is 6.08 Å². The van der Waals surface area contributed by atoms with E-state index >= 15 is 0 Å². The van der Waals surface area contributed by atoms with Gasteiger partial charge in [0.2, 0.25) is 6.79 Å². The zero-order chi connectivity index (χ0) is 15.5. The molecule has 0 radical (unpaired) electrons. The SMILES string of the molecule is N#C/C(=C\c1cc2c(cc1Br)OCO2)C(=O)NC1CCCC1. The van der Waals surface area contributed by atoms with Crippen LogP contribution >= 0.6 is 15.9 Å². The van der Waals surface area contributed by atoms with Crippen LogP contribution in [0.15, 0.2) is 22.2 Å². The number of halogens is 1. The molecule has 22 heavy (non-hydrogen) atoms. The zero-order valence-electron chi connectivity index (χ0n) is 11.9. The minimum atomic E-state index is -0.320. The number of carbonyl (C=O) groups excluding carboxylic acids is 1. The van der Waals surface area contributed by atoms with Crippen molar-refractivity contribution in [2.45, 2.75) is 31.7 Å². The van der Waals surface area contributed by atoms with Crippen molar-refractivity contribution in [1.29, 1.82) is 5.26 Å². The minimum Gasteiger partial charge on any atom is -0.454 e. The number of hydrogen-bond donors (Lipinski definition) is 1. The fraction of sp³-hybridized carbons (Fsp3) is 0.375. The zero-order valence-corrected chi connectivity index (χ0v) is 13.5. The van der Waals surface area contributed by atoms with Gasteiger partial charge >= 0.3 is 0 Å². The number of hydrogen-bond acceptors (Lipinski definition) is 4. The van der Waals surface area contributed by atoms with Crippen molar-refractivity contribution >= 4 is 27.9 Å². The summed E-state index contributed by atoms with van der Waals surface area (Å²) in [6, 6.07) is 5.69. The molecule has 1 aromatic rings. The molecular weight excluding hydrogens is 348 g/mol. The van der Waals surface area contributed by atoms with E-state index < -0.39 is 0 Å². The molecule has 6 heteroatoms. The maximum absolute atomic E-state index is 12.2. The van der Waals surface area contributed by atoms with E-state index in [2.05, 4.69) is 21.2 Å². The molecule has 1 aromatic carbocycles. The van der Waals surface area contributed by atoms with E-state index in [1.54, 1.807) is 18.2 Å². The number of nitriles is 1. The van der Waals surface area contributed by atoms with E-state index in [-0.39, 0.29) is 24.3 Å². The third-order valence-electron chi connectivity index (χ3n) is 3.85. The molecule has 0 bridgehead atoms. The number of nitrogens with one attached hydrogen (secondary N) is 1. The van der Waals surface area contributed by atoms with Gasteiger partial charge in [0.1, 0.15) is 11.6 Å². The molecule has 3 rings (SSSR count). The highest BCUT2D eigenvalue weighted by Gasteiger charge is 2.20. The van der Waals surface area contributed by atoms with E-state index in [0.29, 0.717) is 17.1 Å². The van der Waals surface area contributed by atoms with Crippen LogP contribution in [-0.2, 0) is 4.79 Å². The molecule has 1 fully saturated rings. The molecule has 2 aliphatic rings. The van der Waals surface area contributed by atoms with Gasteiger partial charge in [-0.25, -0.2) is 0 Å². The molecule has 1 heterocycles. The summed E-state index contributed by atoms with van der Waals surface area (Å²) in [6.07, 6.45) is 5.79. The molecule has 114 valence electrons. The predicted octanol–water partition coefficient (Wildman–Crippen LogP) is 3.14. The summed E-state index contributed by atoms with van der Waals surface area (Å²) in [6.45, 7) is 0.183. The number of fused-ring (bicyclic) bond motifs is 1. The number of amides is 1. The molecule has 0 aromatic heterocycles. The Labute approximate surface area is 137 Å². The Bertz CT molecular complexity index is 673. The smallest absolute Gasteiger partial charge is 0.262 e. The minimum absolute atomic E-state index is 0.0893. The quantitative estimate of drug-likeness (QED) is 0.662. The Morgan fingerprint density at radius 1 is 1.32 bits per heavy atom. The number of carbonyl (C=O) groups is 1. The van der Waals surface area contributed by atoms with Gasteiger partial charge in [0.25, 0.3) is 5.91 Å². The second-order valence-corrected chi connectivity index (χ2v) is 6.21. The summed E-state index contributed by atoms with van der Waals surface area (Å²) in [4.78, 5) is 12.2. The van der Waals surface area contributed by atoms with Gasteiger partial charge in [-0.1, -0.05) is 28.8 Å². The third-order valence-corrected chi connectivity index (χ3v) is 4.53. The Morgan fingerprint density at radius 2 is 2.00 bits per heavy atom. The summed E-state index contributed by atoms with van der Waals surface area (Å²) in [5.41, 5.74) is 0.800. The van der Waals surface area contributed by atoms with Gasteiger partial charge in [0.05, 0.1) is 0 Å². The highest BCUT2D eigenvalue weighted by Crippen LogP contribution is 2.37. The lowest BCUT2D eigenvalue weighted by Gasteiger charge is -2.11. The maximum Gasteiger partial charge on any atom is 0.262 e. The average Bonchev–Trinajstić information content (AvgIpc) is 3.15. The summed E-state index contributed by atoms with van der Waals surface area (Å²) in [7, 11) is 0. The first-order chi connectivity index (χ1) is 10.7. The van der Waals surface area contributed by atoms with Crippen LogP contribution in [0.1, 0.15) is 31.2 Å². The first-order valence-electron chi connectivity index (χ1n) is 7.19. The highest BCUT2D eigenvalue weighted by molar-refractivity contribution is 9.10. The molecule has 1 aliphatic carbocycles. The van der Waals surface area contributed by atoms with Gasteiger partial charge in [-0.3, -0.25) is 4.79 Å². The van der Waals surface area contributed by atoms with E-state index in [0.717, 1.165) is 30.2 Å². The summed E-state index contributed by atoms with van der Waals surface area (Å²) >= 11 is 3.42. The highest BCUT2D eigenvalue weighted by atomic mass is 79.9. The van der Waals surface area contributed by atoms with Crippen LogP contribution < -0.4 is 14.8 Å². The van der Waals surface area contributed by atoms with Crippen LogP contribution in [-0.4, -0.2) is 18.7 Å². The lowest BCUT2D eigenvalue weighted by molar-refractivity contribution is -0.117. The average molecular weight is 363 g/mol. The molecule has 5 nitrogen and oxygen atoms in total. The largest absolute Gasteiger partial charge is 0.454 e. The van der Waals surface area contributed by atoms with E-state index in [4.69, 9.17) is 9.47 Å². The van der Waals surface area contributed by atoms with Gasteiger partial charge < -0.3 is 14.8 Å². The number of rotatable bonds is 3. The monoisotopic (exact) mass is 362 g/mol. The molecular formula is C16H15BrN2O3. The van der Waals surface area contributed by atoms with Gasteiger partial charge in [0, 0.05) is 10.5 Å². The fourth-order valence-electron chi connectivity index (χ4n) is 2.68. The molecule has 0 saturated heterocycles.